The van der Waals surface area contributed by atoms with Crippen molar-refractivity contribution in [3.63, 3.8) is 0 Å². The highest BCUT2D eigenvalue weighted by Gasteiger charge is 2.72. The molecule has 232 valence electrons. The zero-order valence-electron chi connectivity index (χ0n) is 23.9. The number of rotatable bonds is 11. The number of likely N-dealkylation sites (N-methyl/N-ethyl adjacent to an activating group) is 1. The Morgan fingerprint density at radius 1 is 1.12 bits per heavy atom. The monoisotopic (exact) mass is 603 g/mol. The summed E-state index contributed by atoms with van der Waals surface area (Å²) in [6.07, 6.45) is -3.08. The lowest BCUT2D eigenvalue weighted by Gasteiger charge is -2.61. The Hall–Kier alpha value is -4.17. The highest BCUT2D eigenvalue weighted by Crippen LogP contribution is 2.65. The first-order chi connectivity index (χ1) is 20.3. The van der Waals surface area contributed by atoms with Crippen LogP contribution in [-0.4, -0.2) is 101 Å². The number of aliphatic carboxylic acids is 2. The molecule has 1 aromatic carbocycles. The van der Waals surface area contributed by atoms with Crippen molar-refractivity contribution in [2.45, 2.75) is 80.8 Å². The maximum absolute atomic E-state index is 12.9. The fourth-order valence-electron chi connectivity index (χ4n) is 6.85. The van der Waals surface area contributed by atoms with Crippen LogP contribution in [0.5, 0.6) is 11.5 Å². The normalized spacial score (nSPS) is 27.9. The van der Waals surface area contributed by atoms with Gasteiger partial charge in [-0.3, -0.25) is 14.4 Å². The number of hydrogen-bond donors (Lipinski definition) is 3. The number of nitrogens with zero attached hydrogens (tertiary/aromatic N) is 1. The van der Waals surface area contributed by atoms with Gasteiger partial charge in [0.05, 0.1) is 37.4 Å². The van der Waals surface area contributed by atoms with Crippen LogP contribution in [0.3, 0.4) is 0 Å². The SMILES string of the molecule is COc1ccc2c3c1O[C@@H]1C(OC(=O)CCC(=O)O[C@@H](C)C(=O)O[C@H](CC(=O)O)C(=O)O)=CC[C@]4(O)[C@H](C2)N(C)CC[C@@]314. The molecule has 0 saturated carbocycles. The van der Waals surface area contributed by atoms with Crippen LogP contribution in [0.25, 0.3) is 0 Å². The summed E-state index contributed by atoms with van der Waals surface area (Å²) in [4.78, 5) is 61.3. The average molecular weight is 604 g/mol. The molecule has 14 nitrogen and oxygen atoms in total. The number of carbonyl (C=O) groups is 5. The third-order valence-electron chi connectivity index (χ3n) is 8.86. The summed E-state index contributed by atoms with van der Waals surface area (Å²) in [5.74, 6) is -4.87. The van der Waals surface area contributed by atoms with Crippen LogP contribution >= 0.6 is 0 Å². The van der Waals surface area contributed by atoms with Crippen LogP contribution in [0.15, 0.2) is 24.0 Å². The predicted octanol–water partition coefficient (Wildman–Crippen LogP) is 0.699. The maximum Gasteiger partial charge on any atom is 0.348 e. The molecule has 1 spiro atoms. The van der Waals surface area contributed by atoms with Crippen LogP contribution in [0, 0.1) is 0 Å². The van der Waals surface area contributed by atoms with Gasteiger partial charge in [-0.2, -0.15) is 0 Å². The number of hydrogen-bond acceptors (Lipinski definition) is 12. The fourth-order valence-corrected chi connectivity index (χ4v) is 6.85. The number of carbonyl (C=O) groups excluding carboxylic acids is 3. The van der Waals surface area contributed by atoms with E-state index in [0.29, 0.717) is 30.9 Å². The summed E-state index contributed by atoms with van der Waals surface area (Å²) < 4.78 is 27.2. The van der Waals surface area contributed by atoms with E-state index in [4.69, 9.17) is 29.2 Å². The number of carboxylic acids is 2. The molecule has 1 saturated heterocycles. The molecule has 0 amide bonds. The van der Waals surface area contributed by atoms with E-state index in [1.807, 2.05) is 19.2 Å². The van der Waals surface area contributed by atoms with Crippen molar-refractivity contribution >= 4 is 29.8 Å². The Kier molecular flexibility index (Phi) is 7.86. The Morgan fingerprint density at radius 3 is 2.51 bits per heavy atom. The zero-order chi connectivity index (χ0) is 31.3. The lowest BCUT2D eigenvalue weighted by atomic mass is 9.50. The minimum absolute atomic E-state index is 0.175. The van der Waals surface area contributed by atoms with Gasteiger partial charge >= 0.3 is 29.8 Å². The predicted molar refractivity (Wildman–Crippen MR) is 142 cm³/mol. The second-order valence-corrected chi connectivity index (χ2v) is 11.3. The molecule has 1 aromatic rings. The number of methoxy groups -OCH3 is 1. The second kappa shape index (κ2) is 11.2. The topological polar surface area (TPSA) is 195 Å². The Labute approximate surface area is 246 Å². The van der Waals surface area contributed by atoms with Crippen molar-refractivity contribution in [1.29, 1.82) is 0 Å². The van der Waals surface area contributed by atoms with Gasteiger partial charge in [0.2, 0.25) is 6.10 Å². The van der Waals surface area contributed by atoms with E-state index in [1.165, 1.54) is 7.11 Å². The molecule has 3 N–H and O–H groups in total. The molecule has 0 unspecified atom stereocenters. The van der Waals surface area contributed by atoms with Gasteiger partial charge in [0.15, 0.2) is 23.7 Å². The minimum Gasteiger partial charge on any atom is -0.493 e. The van der Waals surface area contributed by atoms with E-state index in [2.05, 4.69) is 9.64 Å². The first-order valence-corrected chi connectivity index (χ1v) is 13.9. The van der Waals surface area contributed by atoms with Crippen LogP contribution in [0.2, 0.25) is 0 Å². The quantitative estimate of drug-likeness (QED) is 0.236. The summed E-state index contributed by atoms with van der Waals surface area (Å²) in [5, 5.41) is 30.0. The molecule has 6 atom stereocenters. The highest BCUT2D eigenvalue weighted by atomic mass is 16.6. The van der Waals surface area contributed by atoms with Gasteiger partial charge in [-0.25, -0.2) is 9.59 Å². The number of piperidine rings is 1. The molecular weight excluding hydrogens is 570 g/mol. The Morgan fingerprint density at radius 2 is 1.84 bits per heavy atom. The fraction of sp³-hybridized carbons (Fsp3) is 0.552. The maximum atomic E-state index is 12.9. The van der Waals surface area contributed by atoms with Gasteiger partial charge in [0.25, 0.3) is 0 Å². The van der Waals surface area contributed by atoms with E-state index in [1.54, 1.807) is 6.08 Å². The van der Waals surface area contributed by atoms with Crippen molar-refractivity contribution < 1.29 is 63.0 Å². The molecule has 2 bridgehead atoms. The number of esters is 3. The largest absolute Gasteiger partial charge is 0.493 e. The first-order valence-electron chi connectivity index (χ1n) is 13.9. The molecule has 2 aliphatic carbocycles. The third kappa shape index (κ3) is 4.97. The molecule has 43 heavy (non-hydrogen) atoms. The summed E-state index contributed by atoms with van der Waals surface area (Å²) in [6.45, 7) is 1.82. The zero-order valence-corrected chi connectivity index (χ0v) is 23.9. The van der Waals surface area contributed by atoms with Crippen LogP contribution in [0.4, 0.5) is 0 Å². The molecule has 1 fully saturated rings. The van der Waals surface area contributed by atoms with Crippen molar-refractivity contribution in [2.24, 2.45) is 0 Å². The number of benzene rings is 1. The molecule has 14 heteroatoms. The number of likely N-dealkylation sites (tertiary alicyclic amines) is 1. The van der Waals surface area contributed by atoms with Crippen LogP contribution in [0.1, 0.15) is 50.2 Å². The minimum atomic E-state index is -1.95. The number of carboxylic acid groups (broad SMARTS) is 2. The molecular formula is C29H33NO13. The van der Waals surface area contributed by atoms with E-state index < -0.39 is 78.4 Å². The summed E-state index contributed by atoms with van der Waals surface area (Å²) in [7, 11) is 3.51. The average Bonchev–Trinajstić information content (AvgIpc) is 3.30. The summed E-state index contributed by atoms with van der Waals surface area (Å²) in [5.41, 5.74) is -0.123. The second-order valence-electron chi connectivity index (χ2n) is 11.3. The van der Waals surface area contributed by atoms with E-state index >= 15 is 0 Å². The Balaban J connectivity index is 1.24. The molecule has 2 heterocycles. The van der Waals surface area contributed by atoms with Crippen LogP contribution < -0.4 is 9.47 Å². The van der Waals surface area contributed by atoms with Crippen molar-refractivity contribution in [2.75, 3.05) is 20.7 Å². The van der Waals surface area contributed by atoms with Crippen molar-refractivity contribution in [3.05, 3.63) is 35.1 Å². The molecule has 0 aromatic heterocycles. The standard InChI is InChI=1S/C29H33NO13/c1-14(27(37)42-18(26(35)36)13-20(31)32)40-21(33)6-7-22(34)41-17-8-9-29(38)19-12-15-4-5-16(39-3)24-23(15)28(29,25(17)43-24)10-11-30(19)2/h4-5,8,14,18-19,25,38H,6-7,9-13H2,1-3H3,(H,31,32)(H,35,36)/t14-,18+,19-,25+,28+,29-/m0/s1. The van der Waals surface area contributed by atoms with E-state index in [9.17, 15) is 29.1 Å². The van der Waals surface area contributed by atoms with Gasteiger partial charge in [-0.1, -0.05) is 6.07 Å². The lowest BCUT2D eigenvalue weighted by Crippen LogP contribution is -2.74. The number of ether oxygens (including phenoxy) is 5. The summed E-state index contributed by atoms with van der Waals surface area (Å²) >= 11 is 0. The van der Waals surface area contributed by atoms with Gasteiger partial charge in [0, 0.05) is 18.0 Å². The molecule has 0 radical (unpaired) electrons. The lowest BCUT2D eigenvalue weighted by molar-refractivity contribution is -0.178. The van der Waals surface area contributed by atoms with E-state index in [-0.39, 0.29) is 18.2 Å². The van der Waals surface area contributed by atoms with Crippen LogP contribution in [-0.2, 0) is 50.0 Å². The van der Waals surface area contributed by atoms with Gasteiger partial charge < -0.3 is 43.9 Å². The van der Waals surface area contributed by atoms with Crippen molar-refractivity contribution in [1.82, 2.24) is 4.90 Å². The molecule has 5 rings (SSSR count). The third-order valence-corrected chi connectivity index (χ3v) is 8.86. The van der Waals surface area contributed by atoms with Gasteiger partial charge in [-0.15, -0.1) is 0 Å². The Bertz CT molecular complexity index is 1400. The molecule has 2 aliphatic heterocycles. The van der Waals surface area contributed by atoms with Gasteiger partial charge in [0.1, 0.15) is 5.76 Å². The van der Waals surface area contributed by atoms with Crippen molar-refractivity contribution in [3.8, 4) is 11.5 Å². The van der Waals surface area contributed by atoms with E-state index in [0.717, 1.165) is 18.1 Å². The first kappa shape index (κ1) is 30.3. The highest BCUT2D eigenvalue weighted by molar-refractivity contribution is 5.85. The number of aliphatic hydroxyl groups is 1. The smallest absolute Gasteiger partial charge is 0.348 e. The van der Waals surface area contributed by atoms with Gasteiger partial charge in [-0.05, 0) is 51.1 Å². The molecule has 4 aliphatic rings. The summed E-state index contributed by atoms with van der Waals surface area (Å²) in [6, 6.07) is 3.64.